The number of nitrogens with one attached hydrogen (secondary N) is 2. The molecule has 0 radical (unpaired) electrons. The molecule has 1 aromatic rings. The number of amides is 7. The first-order chi connectivity index (χ1) is 13.0. The number of ether oxygens (including phenoxy) is 1. The Bertz CT molecular complexity index is 824. The average molecular weight is 402 g/mol. The number of urea groups is 2. The molecule has 0 spiro atoms. The van der Waals surface area contributed by atoms with E-state index in [2.05, 4.69) is 0 Å². The Morgan fingerprint density at radius 1 is 1.07 bits per heavy atom. The molecule has 1 fully saturated rings. The van der Waals surface area contributed by atoms with Gasteiger partial charge in [-0.15, -0.1) is 0 Å². The molecule has 150 valence electrons. The minimum atomic E-state index is -4.69. The van der Waals surface area contributed by atoms with Gasteiger partial charge in [0.2, 0.25) is 5.91 Å². The smallest absolute Gasteiger partial charge is 0.405 e. The Morgan fingerprint density at radius 3 is 2.21 bits per heavy atom. The van der Waals surface area contributed by atoms with Crippen LogP contribution >= 0.6 is 0 Å². The summed E-state index contributed by atoms with van der Waals surface area (Å²) < 4.78 is 40.9. The highest BCUT2D eigenvalue weighted by Crippen LogP contribution is 2.24. The van der Waals surface area contributed by atoms with E-state index in [1.165, 1.54) is 42.0 Å². The van der Waals surface area contributed by atoms with Crippen LogP contribution in [-0.2, 0) is 14.4 Å². The Morgan fingerprint density at radius 2 is 1.68 bits per heavy atom. The van der Waals surface area contributed by atoms with Crippen molar-refractivity contribution < 1.29 is 41.9 Å². The maximum absolute atomic E-state index is 12.3. The molecule has 28 heavy (non-hydrogen) atoms. The van der Waals surface area contributed by atoms with Crippen LogP contribution in [0.2, 0.25) is 0 Å². The molecule has 1 saturated heterocycles. The van der Waals surface area contributed by atoms with Crippen molar-refractivity contribution in [1.82, 2.24) is 15.5 Å². The normalized spacial score (nSPS) is 14.4. The monoisotopic (exact) mass is 402 g/mol. The van der Waals surface area contributed by atoms with Crippen LogP contribution in [0.25, 0.3) is 0 Å². The molecule has 0 aliphatic carbocycles. The van der Waals surface area contributed by atoms with Crippen LogP contribution in [0.1, 0.15) is 0 Å². The summed E-state index contributed by atoms with van der Waals surface area (Å²) in [6, 6.07) is 2.90. The lowest BCUT2D eigenvalue weighted by Gasteiger charge is -2.15. The topological polar surface area (TPSA) is 125 Å². The number of carbonyl (C=O) groups is 5. The lowest BCUT2D eigenvalue weighted by molar-refractivity contribution is -0.140. The van der Waals surface area contributed by atoms with Gasteiger partial charge in [-0.25, -0.2) is 19.4 Å². The third kappa shape index (κ3) is 4.75. The van der Waals surface area contributed by atoms with Crippen LogP contribution in [0.5, 0.6) is 5.75 Å². The first-order valence-corrected chi connectivity index (χ1v) is 7.52. The fourth-order valence-corrected chi connectivity index (χ4v) is 2.14. The van der Waals surface area contributed by atoms with Gasteiger partial charge in [-0.05, 0) is 24.3 Å². The zero-order chi connectivity index (χ0) is 21.1. The van der Waals surface area contributed by atoms with Crippen LogP contribution in [0.4, 0.5) is 28.4 Å². The number of benzene rings is 1. The minimum Gasteiger partial charge on any atom is -0.497 e. The van der Waals surface area contributed by atoms with Crippen molar-refractivity contribution in [2.45, 2.75) is 6.18 Å². The lowest BCUT2D eigenvalue weighted by atomic mass is 10.3. The highest BCUT2D eigenvalue weighted by molar-refractivity contribution is 6.53. The van der Waals surface area contributed by atoms with E-state index in [4.69, 9.17) is 4.74 Å². The molecule has 0 saturated carbocycles. The molecule has 0 unspecified atom stereocenters. The summed E-state index contributed by atoms with van der Waals surface area (Å²) in [6.07, 6.45) is -4.69. The quantitative estimate of drug-likeness (QED) is 0.542. The van der Waals surface area contributed by atoms with E-state index in [0.29, 0.717) is 10.6 Å². The van der Waals surface area contributed by atoms with Crippen LogP contribution < -0.4 is 20.3 Å². The highest BCUT2D eigenvalue weighted by atomic mass is 19.4. The molecule has 1 heterocycles. The van der Waals surface area contributed by atoms with E-state index in [1.54, 1.807) is 0 Å². The van der Waals surface area contributed by atoms with Crippen molar-refractivity contribution in [3.63, 3.8) is 0 Å². The number of halogens is 3. The SMILES string of the molecule is COc1ccc(N2C(=O)C(=O)N(CC(=O)NC(=O)NCC(F)(F)F)C2=O)cc1. The van der Waals surface area contributed by atoms with Gasteiger partial charge in [0.25, 0.3) is 0 Å². The number of methoxy groups -OCH3 is 1. The average Bonchev–Trinajstić information content (AvgIpc) is 2.83. The molecule has 2 N–H and O–H groups in total. The van der Waals surface area contributed by atoms with Crippen LogP contribution in [-0.4, -0.2) is 61.1 Å². The standard InChI is InChI=1S/C15H13F3N4O6/c1-28-9-4-2-8(3-5-9)22-12(25)11(24)21(14(22)27)6-10(23)20-13(26)19-7-15(16,17)18/h2-5H,6-7H2,1H3,(H2,19,20,23,26). The van der Waals surface area contributed by atoms with Gasteiger partial charge >= 0.3 is 30.1 Å². The number of nitrogens with zero attached hydrogens (tertiary/aromatic N) is 2. The summed E-state index contributed by atoms with van der Waals surface area (Å²) in [6.45, 7) is -2.72. The predicted molar refractivity (Wildman–Crippen MR) is 85.2 cm³/mol. The maximum Gasteiger partial charge on any atom is 0.405 e. The van der Waals surface area contributed by atoms with Gasteiger partial charge in [0.1, 0.15) is 18.8 Å². The third-order valence-electron chi connectivity index (χ3n) is 3.39. The van der Waals surface area contributed by atoms with Crippen molar-refractivity contribution in [1.29, 1.82) is 0 Å². The van der Waals surface area contributed by atoms with E-state index in [-0.39, 0.29) is 10.6 Å². The van der Waals surface area contributed by atoms with Gasteiger partial charge in [-0.3, -0.25) is 19.7 Å². The van der Waals surface area contributed by atoms with Gasteiger partial charge in [-0.1, -0.05) is 0 Å². The van der Waals surface area contributed by atoms with E-state index >= 15 is 0 Å². The van der Waals surface area contributed by atoms with E-state index < -0.39 is 49.0 Å². The Kier molecular flexibility index (Phi) is 5.86. The zero-order valence-electron chi connectivity index (χ0n) is 14.2. The maximum atomic E-state index is 12.3. The molecule has 0 atom stereocenters. The first-order valence-electron chi connectivity index (χ1n) is 7.52. The van der Waals surface area contributed by atoms with Gasteiger partial charge in [0.05, 0.1) is 12.8 Å². The minimum absolute atomic E-state index is 0.0370. The largest absolute Gasteiger partial charge is 0.497 e. The van der Waals surface area contributed by atoms with E-state index in [9.17, 15) is 37.1 Å². The molecular formula is C15H13F3N4O6. The Hall–Kier alpha value is -3.64. The van der Waals surface area contributed by atoms with Crippen LogP contribution in [0.15, 0.2) is 24.3 Å². The molecule has 0 bridgehead atoms. The van der Waals surface area contributed by atoms with E-state index in [1.807, 2.05) is 0 Å². The number of anilines is 1. The second-order valence-corrected chi connectivity index (χ2v) is 5.36. The third-order valence-corrected chi connectivity index (χ3v) is 3.39. The molecular weight excluding hydrogens is 389 g/mol. The lowest BCUT2D eigenvalue weighted by Crippen LogP contribution is -2.48. The molecule has 7 amide bonds. The van der Waals surface area contributed by atoms with Crippen molar-refractivity contribution >= 4 is 35.5 Å². The number of hydrogen-bond donors (Lipinski definition) is 2. The van der Waals surface area contributed by atoms with Gasteiger partial charge in [-0.2, -0.15) is 13.2 Å². The molecule has 0 aromatic heterocycles. The van der Waals surface area contributed by atoms with Gasteiger partial charge < -0.3 is 10.1 Å². The fraction of sp³-hybridized carbons (Fsp3) is 0.267. The molecule has 2 rings (SSSR count). The Labute approximate surface area is 155 Å². The summed E-state index contributed by atoms with van der Waals surface area (Å²) in [5, 5.41) is 2.91. The molecule has 1 aromatic carbocycles. The van der Waals surface area contributed by atoms with Gasteiger partial charge in [0, 0.05) is 0 Å². The van der Waals surface area contributed by atoms with Crippen LogP contribution in [0.3, 0.4) is 0 Å². The summed E-state index contributed by atoms with van der Waals surface area (Å²) >= 11 is 0. The number of rotatable bonds is 5. The Balaban J connectivity index is 2.03. The summed E-state index contributed by atoms with van der Waals surface area (Å²) in [5.41, 5.74) is 0.0370. The van der Waals surface area contributed by atoms with E-state index in [0.717, 1.165) is 0 Å². The summed E-state index contributed by atoms with van der Waals surface area (Å²) in [5.74, 6) is -3.39. The second-order valence-electron chi connectivity index (χ2n) is 5.36. The van der Waals surface area contributed by atoms with Crippen molar-refractivity contribution in [3.05, 3.63) is 24.3 Å². The summed E-state index contributed by atoms with van der Waals surface area (Å²) in [4.78, 5) is 60.0. The number of imide groups is 3. The molecule has 10 nitrogen and oxygen atoms in total. The van der Waals surface area contributed by atoms with Crippen molar-refractivity contribution in [2.75, 3.05) is 25.1 Å². The van der Waals surface area contributed by atoms with Crippen molar-refractivity contribution in [2.24, 2.45) is 0 Å². The second kappa shape index (κ2) is 7.94. The number of hydrogen-bond acceptors (Lipinski definition) is 6. The van der Waals surface area contributed by atoms with Crippen LogP contribution in [0, 0.1) is 0 Å². The number of alkyl halides is 3. The molecule has 1 aliphatic rings. The number of carbonyl (C=O) groups excluding carboxylic acids is 5. The molecule has 1 aliphatic heterocycles. The molecule has 13 heteroatoms. The fourth-order valence-electron chi connectivity index (χ4n) is 2.14. The van der Waals surface area contributed by atoms with Crippen molar-refractivity contribution in [3.8, 4) is 5.75 Å². The highest BCUT2D eigenvalue weighted by Gasteiger charge is 2.46. The van der Waals surface area contributed by atoms with Gasteiger partial charge in [0.15, 0.2) is 0 Å². The predicted octanol–water partition coefficient (Wildman–Crippen LogP) is 0.378. The zero-order valence-corrected chi connectivity index (χ0v) is 14.2. The first kappa shape index (κ1) is 20.7. The summed E-state index contributed by atoms with van der Waals surface area (Å²) in [7, 11) is 1.40.